The Balaban J connectivity index is 2.58. The lowest BCUT2D eigenvalue weighted by atomic mass is 9.97. The summed E-state index contributed by atoms with van der Waals surface area (Å²) in [7, 11) is 1.27. The van der Waals surface area contributed by atoms with Crippen molar-refractivity contribution in [2.24, 2.45) is 5.92 Å². The van der Waals surface area contributed by atoms with Crippen LogP contribution in [-0.4, -0.2) is 30.8 Å². The SMILES string of the molecule is COC(=O)C(CC1CCCC1=O)NC(C)=O. The zero-order valence-corrected chi connectivity index (χ0v) is 9.62. The maximum atomic E-state index is 11.4. The van der Waals surface area contributed by atoms with Crippen molar-refractivity contribution >= 4 is 17.7 Å². The lowest BCUT2D eigenvalue weighted by Gasteiger charge is -2.18. The summed E-state index contributed by atoms with van der Waals surface area (Å²) in [6.07, 6.45) is 2.60. The molecule has 0 spiro atoms. The maximum Gasteiger partial charge on any atom is 0.328 e. The molecule has 5 nitrogen and oxygen atoms in total. The topological polar surface area (TPSA) is 72.5 Å². The van der Waals surface area contributed by atoms with Crippen LogP contribution in [0.3, 0.4) is 0 Å². The van der Waals surface area contributed by atoms with Gasteiger partial charge < -0.3 is 10.1 Å². The van der Waals surface area contributed by atoms with Crippen LogP contribution in [0.1, 0.15) is 32.6 Å². The van der Waals surface area contributed by atoms with Crippen LogP contribution in [0.5, 0.6) is 0 Å². The van der Waals surface area contributed by atoms with Crippen LogP contribution in [-0.2, 0) is 19.1 Å². The van der Waals surface area contributed by atoms with E-state index in [1.165, 1.54) is 14.0 Å². The minimum atomic E-state index is -0.699. The normalized spacial score (nSPS) is 21.6. The fraction of sp³-hybridized carbons (Fsp3) is 0.727. The molecule has 5 heteroatoms. The lowest BCUT2D eigenvalue weighted by Crippen LogP contribution is -2.42. The number of amides is 1. The average molecular weight is 227 g/mol. The zero-order chi connectivity index (χ0) is 12.1. The van der Waals surface area contributed by atoms with Gasteiger partial charge in [0.1, 0.15) is 11.8 Å². The van der Waals surface area contributed by atoms with Crippen LogP contribution in [0, 0.1) is 5.92 Å². The van der Waals surface area contributed by atoms with Gasteiger partial charge in [0.05, 0.1) is 7.11 Å². The van der Waals surface area contributed by atoms with Crippen molar-refractivity contribution in [1.82, 2.24) is 5.32 Å². The summed E-state index contributed by atoms with van der Waals surface area (Å²) in [6, 6.07) is -0.699. The standard InChI is InChI=1S/C11H17NO4/c1-7(13)12-9(11(15)16-2)6-8-4-3-5-10(8)14/h8-9H,3-6H2,1-2H3,(H,12,13). The third kappa shape index (κ3) is 3.32. The molecule has 0 radical (unpaired) electrons. The Morgan fingerprint density at radius 2 is 2.25 bits per heavy atom. The molecular formula is C11H17NO4. The van der Waals surface area contributed by atoms with Gasteiger partial charge in [-0.15, -0.1) is 0 Å². The van der Waals surface area contributed by atoms with Crippen molar-refractivity contribution in [2.75, 3.05) is 7.11 Å². The van der Waals surface area contributed by atoms with Crippen LogP contribution in [0.25, 0.3) is 0 Å². The van der Waals surface area contributed by atoms with Crippen molar-refractivity contribution in [1.29, 1.82) is 0 Å². The number of ketones is 1. The molecule has 0 heterocycles. The Morgan fingerprint density at radius 3 is 2.69 bits per heavy atom. The van der Waals surface area contributed by atoms with E-state index in [0.717, 1.165) is 12.8 Å². The summed E-state index contributed by atoms with van der Waals surface area (Å²) < 4.78 is 4.59. The Bertz CT molecular complexity index is 300. The monoisotopic (exact) mass is 227 g/mol. The van der Waals surface area contributed by atoms with E-state index in [0.29, 0.717) is 12.8 Å². The molecule has 1 rings (SSSR count). The second-order valence-electron chi connectivity index (χ2n) is 4.07. The molecule has 2 atom stereocenters. The zero-order valence-electron chi connectivity index (χ0n) is 9.62. The maximum absolute atomic E-state index is 11.4. The van der Waals surface area contributed by atoms with Crippen molar-refractivity contribution < 1.29 is 19.1 Å². The quantitative estimate of drug-likeness (QED) is 0.707. The van der Waals surface area contributed by atoms with Gasteiger partial charge in [-0.3, -0.25) is 9.59 Å². The van der Waals surface area contributed by atoms with Gasteiger partial charge in [-0.1, -0.05) is 0 Å². The number of carbonyl (C=O) groups is 3. The number of esters is 1. The molecule has 0 aromatic heterocycles. The highest BCUT2D eigenvalue weighted by molar-refractivity contribution is 5.86. The van der Waals surface area contributed by atoms with E-state index < -0.39 is 12.0 Å². The van der Waals surface area contributed by atoms with E-state index >= 15 is 0 Å². The largest absolute Gasteiger partial charge is 0.467 e. The van der Waals surface area contributed by atoms with E-state index in [1.54, 1.807) is 0 Å². The van der Waals surface area contributed by atoms with Crippen molar-refractivity contribution in [3.8, 4) is 0 Å². The number of ether oxygens (including phenoxy) is 1. The summed E-state index contributed by atoms with van der Waals surface area (Å²) in [6.45, 7) is 1.34. The molecular weight excluding hydrogens is 210 g/mol. The fourth-order valence-electron chi connectivity index (χ4n) is 2.02. The van der Waals surface area contributed by atoms with Crippen LogP contribution in [0.2, 0.25) is 0 Å². The predicted octanol–water partition coefficient (Wildman–Crippen LogP) is 0.423. The summed E-state index contributed by atoms with van der Waals surface area (Å²) in [5, 5.41) is 2.51. The number of methoxy groups -OCH3 is 1. The number of hydrogen-bond acceptors (Lipinski definition) is 4. The van der Waals surface area contributed by atoms with Crippen LogP contribution in [0.4, 0.5) is 0 Å². The van der Waals surface area contributed by atoms with Crippen molar-refractivity contribution in [3.63, 3.8) is 0 Å². The number of Topliss-reactive ketones (excluding diaryl/α,β-unsaturated/α-hetero) is 1. The first-order valence-electron chi connectivity index (χ1n) is 5.42. The van der Waals surface area contributed by atoms with Crippen molar-refractivity contribution in [2.45, 2.75) is 38.6 Å². The molecule has 2 unspecified atom stereocenters. The molecule has 1 aliphatic carbocycles. The number of nitrogens with one attached hydrogen (secondary N) is 1. The smallest absolute Gasteiger partial charge is 0.328 e. The highest BCUT2D eigenvalue weighted by atomic mass is 16.5. The Morgan fingerprint density at radius 1 is 1.56 bits per heavy atom. The summed E-state index contributed by atoms with van der Waals surface area (Å²) in [4.78, 5) is 33.8. The molecule has 1 amide bonds. The number of rotatable bonds is 4. The van der Waals surface area contributed by atoms with E-state index in [4.69, 9.17) is 0 Å². The third-order valence-corrected chi connectivity index (χ3v) is 2.81. The Hall–Kier alpha value is -1.39. The van der Waals surface area contributed by atoms with Gasteiger partial charge in [0, 0.05) is 19.3 Å². The van der Waals surface area contributed by atoms with Gasteiger partial charge in [0.25, 0.3) is 0 Å². The Labute approximate surface area is 94.5 Å². The second kappa shape index (κ2) is 5.63. The predicted molar refractivity (Wildman–Crippen MR) is 56.6 cm³/mol. The molecule has 1 saturated carbocycles. The molecule has 0 bridgehead atoms. The second-order valence-corrected chi connectivity index (χ2v) is 4.07. The van der Waals surface area contributed by atoms with E-state index in [1.807, 2.05) is 0 Å². The van der Waals surface area contributed by atoms with Gasteiger partial charge in [0.2, 0.25) is 5.91 Å². The highest BCUT2D eigenvalue weighted by Crippen LogP contribution is 2.25. The van der Waals surface area contributed by atoms with Crippen LogP contribution < -0.4 is 5.32 Å². The van der Waals surface area contributed by atoms with Crippen LogP contribution >= 0.6 is 0 Å². The Kier molecular flexibility index (Phi) is 4.46. The summed E-state index contributed by atoms with van der Waals surface area (Å²) in [5.74, 6) is -0.717. The first-order chi connectivity index (χ1) is 7.54. The molecule has 1 fully saturated rings. The minimum Gasteiger partial charge on any atom is -0.467 e. The molecule has 90 valence electrons. The molecule has 0 aliphatic heterocycles. The average Bonchev–Trinajstić information content (AvgIpc) is 2.61. The van der Waals surface area contributed by atoms with Gasteiger partial charge in [0.15, 0.2) is 0 Å². The van der Waals surface area contributed by atoms with Crippen LogP contribution in [0.15, 0.2) is 0 Å². The molecule has 0 aromatic carbocycles. The van der Waals surface area contributed by atoms with E-state index in [-0.39, 0.29) is 17.6 Å². The van der Waals surface area contributed by atoms with E-state index in [2.05, 4.69) is 10.1 Å². The fourth-order valence-corrected chi connectivity index (χ4v) is 2.02. The highest BCUT2D eigenvalue weighted by Gasteiger charge is 2.31. The molecule has 0 saturated heterocycles. The summed E-state index contributed by atoms with van der Waals surface area (Å²) in [5.41, 5.74) is 0. The first kappa shape index (κ1) is 12.7. The lowest BCUT2D eigenvalue weighted by molar-refractivity contribution is -0.145. The van der Waals surface area contributed by atoms with Gasteiger partial charge in [-0.25, -0.2) is 4.79 Å². The van der Waals surface area contributed by atoms with Gasteiger partial charge in [-0.05, 0) is 19.3 Å². The summed E-state index contributed by atoms with van der Waals surface area (Å²) >= 11 is 0. The van der Waals surface area contributed by atoms with Gasteiger partial charge >= 0.3 is 5.97 Å². The third-order valence-electron chi connectivity index (χ3n) is 2.81. The molecule has 1 N–H and O–H groups in total. The molecule has 0 aromatic rings. The molecule has 1 aliphatic rings. The van der Waals surface area contributed by atoms with E-state index in [9.17, 15) is 14.4 Å². The minimum absolute atomic E-state index is 0.115. The molecule has 16 heavy (non-hydrogen) atoms. The van der Waals surface area contributed by atoms with Crippen molar-refractivity contribution in [3.05, 3.63) is 0 Å². The van der Waals surface area contributed by atoms with Gasteiger partial charge in [-0.2, -0.15) is 0 Å². The first-order valence-corrected chi connectivity index (χ1v) is 5.42. The number of carbonyl (C=O) groups excluding carboxylic acids is 3. The number of hydrogen-bond donors (Lipinski definition) is 1.